The molecule has 4 nitrogen and oxygen atoms in total. The Morgan fingerprint density at radius 2 is 1.89 bits per heavy atom. The van der Waals surface area contributed by atoms with Gasteiger partial charge in [-0.25, -0.2) is 12.8 Å². The Bertz CT molecular complexity index is 592. The normalized spacial score (nSPS) is 18.5. The van der Waals surface area contributed by atoms with Crippen LogP contribution in [0.25, 0.3) is 0 Å². The van der Waals surface area contributed by atoms with Gasteiger partial charge in [-0.2, -0.15) is 0 Å². The average molecular weight is 287 g/mol. The summed E-state index contributed by atoms with van der Waals surface area (Å²) < 4.78 is 42.4. The molecule has 0 bridgehead atoms. The predicted molar refractivity (Wildman–Crippen MR) is 70.4 cm³/mol. The van der Waals surface area contributed by atoms with Crippen molar-refractivity contribution in [1.29, 1.82) is 0 Å². The number of sulfone groups is 1. The van der Waals surface area contributed by atoms with Crippen LogP contribution in [0.3, 0.4) is 0 Å². The summed E-state index contributed by atoms with van der Waals surface area (Å²) in [6.07, 6.45) is 4.34. The molecule has 0 amide bonds. The Morgan fingerprint density at radius 1 is 1.32 bits per heavy atom. The van der Waals surface area contributed by atoms with Crippen molar-refractivity contribution >= 4 is 9.84 Å². The van der Waals surface area contributed by atoms with Crippen LogP contribution in [0.5, 0.6) is 5.75 Å². The molecule has 1 saturated carbocycles. The fourth-order valence-corrected chi connectivity index (χ4v) is 3.56. The van der Waals surface area contributed by atoms with Gasteiger partial charge in [-0.15, -0.1) is 0 Å². The van der Waals surface area contributed by atoms with Gasteiger partial charge in [0.05, 0.1) is 7.11 Å². The minimum Gasteiger partial charge on any atom is -0.495 e. The Morgan fingerprint density at radius 3 is 2.37 bits per heavy atom. The van der Waals surface area contributed by atoms with Crippen molar-refractivity contribution in [2.45, 2.75) is 36.1 Å². The van der Waals surface area contributed by atoms with Crippen LogP contribution in [-0.4, -0.2) is 21.8 Å². The number of halogens is 1. The summed E-state index contributed by atoms with van der Waals surface area (Å²) in [7, 11) is -2.19. The first kappa shape index (κ1) is 14.3. The summed E-state index contributed by atoms with van der Waals surface area (Å²) in [5.74, 6) is -0.429. The van der Waals surface area contributed by atoms with Crippen molar-refractivity contribution in [3.63, 3.8) is 0 Å². The fraction of sp³-hybridized carbons (Fsp3) is 0.538. The van der Waals surface area contributed by atoms with Crippen LogP contribution in [0, 0.1) is 5.82 Å². The zero-order chi connectivity index (χ0) is 14.3. The van der Waals surface area contributed by atoms with Crippen molar-refractivity contribution in [3.8, 4) is 5.75 Å². The highest BCUT2D eigenvalue weighted by atomic mass is 32.2. The molecule has 2 N–H and O–H groups in total. The minimum absolute atomic E-state index is 0.137. The molecule has 0 saturated heterocycles. The lowest BCUT2D eigenvalue weighted by molar-refractivity contribution is 0.366. The molecule has 0 spiro atoms. The standard InChI is InChI=1S/C13H18FNO3S/c1-18-12-10(13(15)5-3-4-6-13)7-9(14)8-11(12)19(2,16)17/h7-8H,3-6,15H2,1-2H3. The predicted octanol–water partition coefficient (Wildman–Crippen LogP) is 1.97. The topological polar surface area (TPSA) is 69.4 Å². The summed E-state index contributed by atoms with van der Waals surface area (Å²) in [6.45, 7) is 0. The number of hydrogen-bond acceptors (Lipinski definition) is 4. The van der Waals surface area contributed by atoms with Gasteiger partial charge in [-0.1, -0.05) is 12.8 Å². The number of nitrogens with two attached hydrogens (primary N) is 1. The smallest absolute Gasteiger partial charge is 0.179 e. The number of benzene rings is 1. The maximum Gasteiger partial charge on any atom is 0.179 e. The molecule has 19 heavy (non-hydrogen) atoms. The van der Waals surface area contributed by atoms with E-state index in [2.05, 4.69) is 0 Å². The van der Waals surface area contributed by atoms with Crippen molar-refractivity contribution in [3.05, 3.63) is 23.5 Å². The molecule has 0 heterocycles. The lowest BCUT2D eigenvalue weighted by Gasteiger charge is -2.27. The maximum atomic E-state index is 13.7. The van der Waals surface area contributed by atoms with E-state index in [9.17, 15) is 12.8 Å². The lowest BCUT2D eigenvalue weighted by Crippen LogP contribution is -2.34. The molecule has 6 heteroatoms. The van der Waals surface area contributed by atoms with Crippen LogP contribution in [-0.2, 0) is 15.4 Å². The second kappa shape index (κ2) is 4.76. The van der Waals surface area contributed by atoms with Crippen LogP contribution in [0.1, 0.15) is 31.2 Å². The molecule has 1 aromatic carbocycles. The van der Waals surface area contributed by atoms with E-state index in [1.54, 1.807) is 0 Å². The molecule has 1 fully saturated rings. The fourth-order valence-electron chi connectivity index (χ4n) is 2.70. The van der Waals surface area contributed by atoms with Gasteiger partial charge >= 0.3 is 0 Å². The minimum atomic E-state index is -3.57. The van der Waals surface area contributed by atoms with E-state index in [1.807, 2.05) is 0 Å². The van der Waals surface area contributed by atoms with E-state index in [4.69, 9.17) is 10.5 Å². The monoisotopic (exact) mass is 287 g/mol. The third-order valence-corrected chi connectivity index (χ3v) is 4.76. The van der Waals surface area contributed by atoms with Crippen LogP contribution in [0.15, 0.2) is 17.0 Å². The number of methoxy groups -OCH3 is 1. The number of ether oxygens (including phenoxy) is 1. The van der Waals surface area contributed by atoms with Crippen LogP contribution in [0.2, 0.25) is 0 Å². The molecule has 0 radical (unpaired) electrons. The van der Waals surface area contributed by atoms with Gasteiger partial charge in [-0.05, 0) is 25.0 Å². The molecule has 1 aliphatic carbocycles. The molecule has 1 aromatic rings. The largest absolute Gasteiger partial charge is 0.495 e. The lowest BCUT2D eigenvalue weighted by atomic mass is 9.88. The highest BCUT2D eigenvalue weighted by Gasteiger charge is 2.36. The second-order valence-electron chi connectivity index (χ2n) is 5.12. The number of hydrogen-bond donors (Lipinski definition) is 1. The third-order valence-electron chi connectivity index (χ3n) is 3.66. The molecule has 0 aromatic heterocycles. The summed E-state index contributed by atoms with van der Waals surface area (Å²) in [4.78, 5) is -0.137. The van der Waals surface area contributed by atoms with E-state index < -0.39 is 21.2 Å². The summed E-state index contributed by atoms with van der Waals surface area (Å²) in [5.41, 5.74) is 6.05. The van der Waals surface area contributed by atoms with Crippen LogP contribution >= 0.6 is 0 Å². The molecular formula is C13H18FNO3S. The van der Waals surface area contributed by atoms with Crippen molar-refractivity contribution < 1.29 is 17.5 Å². The zero-order valence-electron chi connectivity index (χ0n) is 11.1. The number of rotatable bonds is 3. The molecular weight excluding hydrogens is 269 g/mol. The van der Waals surface area contributed by atoms with E-state index in [0.29, 0.717) is 18.4 Å². The van der Waals surface area contributed by atoms with E-state index >= 15 is 0 Å². The highest BCUT2D eigenvalue weighted by molar-refractivity contribution is 7.90. The third kappa shape index (κ3) is 2.60. The molecule has 0 unspecified atom stereocenters. The SMILES string of the molecule is COc1c(C2(N)CCCC2)cc(F)cc1S(C)(=O)=O. The Labute approximate surface area is 112 Å². The van der Waals surface area contributed by atoms with Gasteiger partial charge in [-0.3, -0.25) is 0 Å². The Kier molecular flexibility index (Phi) is 3.57. The van der Waals surface area contributed by atoms with Gasteiger partial charge in [0.2, 0.25) is 0 Å². The van der Waals surface area contributed by atoms with Gasteiger partial charge in [0, 0.05) is 17.4 Å². The van der Waals surface area contributed by atoms with Gasteiger partial charge < -0.3 is 10.5 Å². The van der Waals surface area contributed by atoms with E-state index in [1.165, 1.54) is 13.2 Å². The van der Waals surface area contributed by atoms with Crippen LogP contribution < -0.4 is 10.5 Å². The highest BCUT2D eigenvalue weighted by Crippen LogP contribution is 2.43. The quantitative estimate of drug-likeness (QED) is 0.922. The maximum absolute atomic E-state index is 13.7. The average Bonchev–Trinajstić information content (AvgIpc) is 2.75. The van der Waals surface area contributed by atoms with E-state index in [0.717, 1.165) is 25.2 Å². The van der Waals surface area contributed by atoms with Crippen molar-refractivity contribution in [2.75, 3.05) is 13.4 Å². The first-order valence-corrected chi connectivity index (χ1v) is 8.04. The Balaban J connectivity index is 2.71. The van der Waals surface area contributed by atoms with Crippen LogP contribution in [0.4, 0.5) is 4.39 Å². The second-order valence-corrected chi connectivity index (χ2v) is 7.10. The van der Waals surface area contributed by atoms with Gasteiger partial charge in [0.15, 0.2) is 9.84 Å². The van der Waals surface area contributed by atoms with E-state index in [-0.39, 0.29) is 10.6 Å². The molecule has 0 aliphatic heterocycles. The summed E-state index contributed by atoms with van der Waals surface area (Å²) >= 11 is 0. The van der Waals surface area contributed by atoms with Crippen molar-refractivity contribution in [2.24, 2.45) is 5.73 Å². The summed E-state index contributed by atoms with van der Waals surface area (Å²) in [5, 5.41) is 0. The Hall–Kier alpha value is -1.14. The first-order valence-electron chi connectivity index (χ1n) is 6.15. The molecule has 2 rings (SSSR count). The first-order chi connectivity index (χ1) is 8.78. The van der Waals surface area contributed by atoms with Crippen molar-refractivity contribution in [1.82, 2.24) is 0 Å². The van der Waals surface area contributed by atoms with Gasteiger partial charge in [0.25, 0.3) is 0 Å². The summed E-state index contributed by atoms with van der Waals surface area (Å²) in [6, 6.07) is 2.27. The molecule has 1 aliphatic rings. The molecule has 0 atom stereocenters. The zero-order valence-corrected chi connectivity index (χ0v) is 11.9. The molecule has 106 valence electrons. The van der Waals surface area contributed by atoms with Gasteiger partial charge in [0.1, 0.15) is 16.5 Å².